The molecule has 0 saturated heterocycles. The Kier molecular flexibility index (Phi) is 5.59. The fraction of sp³-hybridized carbons (Fsp3) is 0.238. The number of benzene rings is 1. The number of thiazole rings is 1. The van der Waals surface area contributed by atoms with Crippen molar-refractivity contribution in [3.05, 3.63) is 64.8 Å². The fourth-order valence-corrected chi connectivity index (χ4v) is 4.05. The third-order valence-electron chi connectivity index (χ3n) is 4.93. The summed E-state index contributed by atoms with van der Waals surface area (Å²) >= 11 is 1.34. The van der Waals surface area contributed by atoms with E-state index in [0.29, 0.717) is 27.8 Å². The van der Waals surface area contributed by atoms with Gasteiger partial charge in [0.15, 0.2) is 11.4 Å². The Morgan fingerprint density at radius 1 is 1.22 bits per heavy atom. The number of anilines is 3. The van der Waals surface area contributed by atoms with Crippen LogP contribution in [0.15, 0.2) is 42.9 Å². The van der Waals surface area contributed by atoms with Gasteiger partial charge in [-0.3, -0.25) is 9.20 Å². The second kappa shape index (κ2) is 8.23. The number of nitrogens with zero attached hydrogens (tertiary/aromatic N) is 4. The minimum atomic E-state index is -4.38. The molecule has 166 valence electrons. The first-order chi connectivity index (χ1) is 15.1. The van der Waals surface area contributed by atoms with Crippen LogP contribution in [0.4, 0.5) is 29.7 Å². The lowest BCUT2D eigenvalue weighted by Crippen LogP contribution is -2.08. The van der Waals surface area contributed by atoms with E-state index in [0.717, 1.165) is 17.1 Å². The summed E-state index contributed by atoms with van der Waals surface area (Å²) in [5.74, 6) is 0.135. The molecule has 3 aromatic heterocycles. The average molecular weight is 460 g/mol. The van der Waals surface area contributed by atoms with Crippen LogP contribution in [0.5, 0.6) is 0 Å². The molecule has 1 atom stereocenters. The van der Waals surface area contributed by atoms with Gasteiger partial charge in [0.05, 0.1) is 28.7 Å². The van der Waals surface area contributed by atoms with Crippen LogP contribution in [0.2, 0.25) is 0 Å². The predicted molar refractivity (Wildman–Crippen MR) is 116 cm³/mol. The van der Waals surface area contributed by atoms with Crippen LogP contribution >= 0.6 is 11.3 Å². The Hall–Kier alpha value is -3.47. The SMILES string of the molecule is Cc1nc2cnc(C(=O)CC(C)c3ncc(Nc4ccc(C(F)(F)F)cc4)s3)cn2c1N. The minimum absolute atomic E-state index is 0.155. The lowest BCUT2D eigenvalue weighted by molar-refractivity contribution is -0.137. The maximum absolute atomic E-state index is 12.7. The molecule has 0 aliphatic carbocycles. The van der Waals surface area contributed by atoms with Gasteiger partial charge in [-0.25, -0.2) is 15.0 Å². The molecule has 1 unspecified atom stereocenters. The number of aryl methyl sites for hydroxylation is 1. The van der Waals surface area contributed by atoms with E-state index in [1.54, 1.807) is 23.7 Å². The molecule has 32 heavy (non-hydrogen) atoms. The standard InChI is InChI=1S/C21H19F3N6OS/c1-11(7-16(31)15-10-30-17(8-26-15)28-12(2)19(30)25)20-27-9-18(32-20)29-14-5-3-13(4-6-14)21(22,23)24/h3-6,8-11,29H,7,25H2,1-2H3. The summed E-state index contributed by atoms with van der Waals surface area (Å²) in [6, 6.07) is 4.76. The van der Waals surface area contributed by atoms with Gasteiger partial charge in [0.1, 0.15) is 16.5 Å². The first-order valence-electron chi connectivity index (χ1n) is 9.65. The number of rotatable bonds is 6. The number of aromatic nitrogens is 4. The number of halogens is 3. The molecule has 1 aromatic carbocycles. The van der Waals surface area contributed by atoms with Gasteiger partial charge >= 0.3 is 6.18 Å². The number of imidazole rings is 1. The summed E-state index contributed by atoms with van der Waals surface area (Å²) in [7, 11) is 0. The van der Waals surface area contributed by atoms with Crippen molar-refractivity contribution in [1.29, 1.82) is 0 Å². The second-order valence-electron chi connectivity index (χ2n) is 7.37. The van der Waals surface area contributed by atoms with Gasteiger partial charge in [0.2, 0.25) is 0 Å². The molecule has 11 heteroatoms. The Balaban J connectivity index is 1.43. The summed E-state index contributed by atoms with van der Waals surface area (Å²) in [4.78, 5) is 25.5. The topological polar surface area (TPSA) is 98.2 Å². The quantitative estimate of drug-likeness (QED) is 0.383. The van der Waals surface area contributed by atoms with E-state index in [-0.39, 0.29) is 23.8 Å². The molecule has 0 radical (unpaired) electrons. The number of alkyl halides is 3. The molecule has 0 fully saturated rings. The lowest BCUT2D eigenvalue weighted by Gasteiger charge is -2.08. The molecule has 3 N–H and O–H groups in total. The third-order valence-corrected chi connectivity index (χ3v) is 6.08. The summed E-state index contributed by atoms with van der Waals surface area (Å²) in [6.45, 7) is 3.66. The van der Waals surface area contributed by atoms with Crippen molar-refractivity contribution in [3.63, 3.8) is 0 Å². The predicted octanol–water partition coefficient (Wildman–Crippen LogP) is 5.22. The number of hydrogen-bond donors (Lipinski definition) is 2. The maximum Gasteiger partial charge on any atom is 0.416 e. The van der Waals surface area contributed by atoms with Gasteiger partial charge < -0.3 is 11.1 Å². The number of nitrogens with one attached hydrogen (secondary N) is 1. The second-order valence-corrected chi connectivity index (χ2v) is 8.44. The number of nitrogen functional groups attached to an aromatic ring is 1. The van der Waals surface area contributed by atoms with Crippen molar-refractivity contribution in [3.8, 4) is 0 Å². The monoisotopic (exact) mass is 460 g/mol. The van der Waals surface area contributed by atoms with Crippen molar-refractivity contribution in [2.75, 3.05) is 11.1 Å². The lowest BCUT2D eigenvalue weighted by atomic mass is 10.0. The van der Waals surface area contributed by atoms with Crippen molar-refractivity contribution in [2.45, 2.75) is 32.4 Å². The number of carbonyl (C=O) groups excluding carboxylic acids is 1. The third kappa shape index (κ3) is 4.42. The van der Waals surface area contributed by atoms with Crippen LogP contribution in [0, 0.1) is 6.92 Å². The molecule has 7 nitrogen and oxygen atoms in total. The molecule has 0 aliphatic rings. The number of nitrogens with two attached hydrogens (primary N) is 1. The van der Waals surface area contributed by atoms with Gasteiger partial charge in [-0.2, -0.15) is 13.2 Å². The molecule has 0 amide bonds. The maximum atomic E-state index is 12.7. The van der Waals surface area contributed by atoms with Crippen LogP contribution < -0.4 is 11.1 Å². The number of ketones is 1. The number of hydrogen-bond acceptors (Lipinski definition) is 7. The van der Waals surface area contributed by atoms with Crippen molar-refractivity contribution >= 4 is 39.3 Å². The summed E-state index contributed by atoms with van der Waals surface area (Å²) in [5, 5.41) is 4.43. The highest BCUT2D eigenvalue weighted by Crippen LogP contribution is 2.33. The molecule has 4 aromatic rings. The van der Waals surface area contributed by atoms with Crippen molar-refractivity contribution in [2.24, 2.45) is 0 Å². The van der Waals surface area contributed by atoms with E-state index in [9.17, 15) is 18.0 Å². The normalized spacial score (nSPS) is 12.8. The Morgan fingerprint density at radius 2 is 1.94 bits per heavy atom. The van der Waals surface area contributed by atoms with Crippen LogP contribution in [-0.2, 0) is 6.18 Å². The van der Waals surface area contributed by atoms with Crippen molar-refractivity contribution < 1.29 is 18.0 Å². The zero-order chi connectivity index (χ0) is 23.0. The zero-order valence-electron chi connectivity index (χ0n) is 17.1. The van der Waals surface area contributed by atoms with Crippen LogP contribution in [0.1, 0.15) is 46.0 Å². The van der Waals surface area contributed by atoms with E-state index in [1.807, 2.05) is 6.92 Å². The Labute approximate surface area is 185 Å². The molecule has 0 bridgehead atoms. The van der Waals surface area contributed by atoms with E-state index in [2.05, 4.69) is 20.3 Å². The van der Waals surface area contributed by atoms with Crippen LogP contribution in [-0.4, -0.2) is 25.1 Å². The van der Waals surface area contributed by atoms with E-state index < -0.39 is 11.7 Å². The highest BCUT2D eigenvalue weighted by atomic mass is 32.1. The molecule has 0 spiro atoms. The van der Waals surface area contributed by atoms with E-state index >= 15 is 0 Å². The first kappa shape index (κ1) is 21.8. The van der Waals surface area contributed by atoms with E-state index in [1.165, 1.54) is 29.7 Å². The molecule has 3 heterocycles. The molecular formula is C21H19F3N6OS. The number of fused-ring (bicyclic) bond motifs is 1. The molecular weight excluding hydrogens is 441 g/mol. The zero-order valence-corrected chi connectivity index (χ0v) is 18.0. The van der Waals surface area contributed by atoms with Crippen LogP contribution in [0.25, 0.3) is 5.65 Å². The van der Waals surface area contributed by atoms with Crippen LogP contribution in [0.3, 0.4) is 0 Å². The van der Waals surface area contributed by atoms with Gasteiger partial charge in [0, 0.05) is 24.2 Å². The fourth-order valence-electron chi connectivity index (χ4n) is 3.16. The van der Waals surface area contributed by atoms with E-state index in [4.69, 9.17) is 5.73 Å². The Bertz CT molecular complexity index is 1280. The Morgan fingerprint density at radius 3 is 2.62 bits per heavy atom. The van der Waals surface area contributed by atoms with Gasteiger partial charge in [0.25, 0.3) is 0 Å². The van der Waals surface area contributed by atoms with Gasteiger partial charge in [-0.15, -0.1) is 11.3 Å². The smallest absolute Gasteiger partial charge is 0.383 e. The van der Waals surface area contributed by atoms with Gasteiger partial charge in [-0.05, 0) is 31.2 Å². The molecule has 4 rings (SSSR count). The highest BCUT2D eigenvalue weighted by Gasteiger charge is 2.30. The average Bonchev–Trinajstić information content (AvgIpc) is 3.32. The molecule has 0 saturated carbocycles. The first-order valence-corrected chi connectivity index (χ1v) is 10.5. The van der Waals surface area contributed by atoms with Gasteiger partial charge in [-0.1, -0.05) is 6.92 Å². The largest absolute Gasteiger partial charge is 0.416 e. The highest BCUT2D eigenvalue weighted by molar-refractivity contribution is 7.15. The summed E-state index contributed by atoms with van der Waals surface area (Å²) in [6.07, 6.45) is 0.507. The number of carbonyl (C=O) groups is 1. The number of Topliss-reactive ketones (excluding diaryl/α,β-unsaturated/α-hetero) is 1. The minimum Gasteiger partial charge on any atom is -0.383 e. The summed E-state index contributed by atoms with van der Waals surface area (Å²) < 4.78 is 39.7. The summed E-state index contributed by atoms with van der Waals surface area (Å²) in [5.41, 5.74) is 7.32. The molecule has 0 aliphatic heterocycles. The van der Waals surface area contributed by atoms with Crippen molar-refractivity contribution in [1.82, 2.24) is 19.4 Å².